The average Bonchev–Trinajstić information content (AvgIpc) is 2.70. The summed E-state index contributed by atoms with van der Waals surface area (Å²) < 4.78 is 16.9. The number of carbonyl (C=O) groups is 2. The van der Waals surface area contributed by atoms with Crippen molar-refractivity contribution in [1.29, 1.82) is 0 Å². The van der Waals surface area contributed by atoms with Crippen molar-refractivity contribution >= 4 is 11.9 Å². The molecule has 2 rings (SSSR count). The Balaban J connectivity index is 1.70. The fourth-order valence-electron chi connectivity index (χ4n) is 2.37. The van der Waals surface area contributed by atoms with Gasteiger partial charge in [0.05, 0.1) is 13.0 Å². The molecule has 0 aliphatic rings. The van der Waals surface area contributed by atoms with Crippen LogP contribution in [0.5, 0.6) is 17.2 Å². The van der Waals surface area contributed by atoms with Crippen LogP contribution in [-0.2, 0) is 16.1 Å². The molecule has 0 bridgehead atoms. The zero-order valence-electron chi connectivity index (χ0n) is 15.8. The highest BCUT2D eigenvalue weighted by molar-refractivity contribution is 5.80. The first-order valence-electron chi connectivity index (χ1n) is 9.13. The fourth-order valence-corrected chi connectivity index (χ4v) is 2.37. The molecule has 0 unspecified atom stereocenters. The summed E-state index contributed by atoms with van der Waals surface area (Å²) in [5.74, 6) is 0.818. The number of rotatable bonds is 12. The minimum atomic E-state index is -0.984. The van der Waals surface area contributed by atoms with Crippen LogP contribution >= 0.6 is 0 Å². The van der Waals surface area contributed by atoms with Crippen molar-refractivity contribution < 1.29 is 28.9 Å². The zero-order valence-corrected chi connectivity index (χ0v) is 15.8. The second-order valence-corrected chi connectivity index (χ2v) is 5.89. The van der Waals surface area contributed by atoms with E-state index in [1.807, 2.05) is 55.5 Å². The Labute approximate surface area is 164 Å². The molecule has 150 valence electrons. The Kier molecular flexibility index (Phi) is 8.65. The number of amides is 1. The number of hydrogen-bond acceptors (Lipinski definition) is 5. The van der Waals surface area contributed by atoms with Crippen molar-refractivity contribution in [3.8, 4) is 17.2 Å². The minimum absolute atomic E-state index is 0.0248. The van der Waals surface area contributed by atoms with Crippen molar-refractivity contribution in [1.82, 2.24) is 5.32 Å². The first-order chi connectivity index (χ1) is 13.6. The Hall–Kier alpha value is -3.22. The number of benzene rings is 2. The van der Waals surface area contributed by atoms with Gasteiger partial charge in [-0.15, -0.1) is 0 Å². The highest BCUT2D eigenvalue weighted by Gasteiger charge is 2.06. The quantitative estimate of drug-likeness (QED) is 0.544. The Morgan fingerprint density at radius 2 is 1.54 bits per heavy atom. The number of hydrogen-bond donors (Lipinski definition) is 2. The maximum atomic E-state index is 11.5. The molecule has 7 nitrogen and oxygen atoms in total. The summed E-state index contributed by atoms with van der Waals surface area (Å²) in [6.07, 6.45) is -0.196. The van der Waals surface area contributed by atoms with Gasteiger partial charge in [-0.2, -0.15) is 0 Å². The lowest BCUT2D eigenvalue weighted by atomic mass is 10.2. The lowest BCUT2D eigenvalue weighted by molar-refractivity contribution is -0.138. The van der Waals surface area contributed by atoms with E-state index < -0.39 is 5.97 Å². The monoisotopic (exact) mass is 387 g/mol. The van der Waals surface area contributed by atoms with Gasteiger partial charge in [-0.3, -0.25) is 9.59 Å². The first-order valence-corrected chi connectivity index (χ1v) is 9.13. The summed E-state index contributed by atoms with van der Waals surface area (Å²) in [7, 11) is 0. The normalized spacial score (nSPS) is 10.2. The summed E-state index contributed by atoms with van der Waals surface area (Å²) in [6.45, 7) is 3.60. The summed E-state index contributed by atoms with van der Waals surface area (Å²) in [5.41, 5.74) is 0.901. The van der Waals surface area contributed by atoms with Crippen molar-refractivity contribution in [2.75, 3.05) is 19.8 Å². The van der Waals surface area contributed by atoms with Crippen LogP contribution in [0, 0.1) is 0 Å². The molecule has 1 amide bonds. The molecule has 0 aliphatic carbocycles. The van der Waals surface area contributed by atoms with Gasteiger partial charge in [0.15, 0.2) is 11.5 Å². The van der Waals surface area contributed by atoms with Crippen molar-refractivity contribution in [3.05, 3.63) is 54.1 Å². The number of carboxylic acid groups (broad SMARTS) is 1. The van der Waals surface area contributed by atoms with E-state index in [-0.39, 0.29) is 18.7 Å². The smallest absolute Gasteiger partial charge is 0.303 e. The van der Waals surface area contributed by atoms with Gasteiger partial charge in [-0.1, -0.05) is 24.3 Å². The van der Waals surface area contributed by atoms with Crippen LogP contribution in [0.25, 0.3) is 0 Å². The third kappa shape index (κ3) is 7.57. The molecule has 0 saturated heterocycles. The third-order valence-electron chi connectivity index (χ3n) is 3.74. The molecule has 0 fully saturated rings. The summed E-state index contributed by atoms with van der Waals surface area (Å²) in [5, 5.41) is 11.2. The molecule has 2 aromatic rings. The minimum Gasteiger partial charge on any atom is -0.490 e. The maximum absolute atomic E-state index is 11.5. The second-order valence-electron chi connectivity index (χ2n) is 5.89. The van der Waals surface area contributed by atoms with Gasteiger partial charge in [0.25, 0.3) is 0 Å². The van der Waals surface area contributed by atoms with Gasteiger partial charge in [0.2, 0.25) is 5.91 Å². The topological polar surface area (TPSA) is 94.1 Å². The molecule has 0 aromatic heterocycles. The number of carbonyl (C=O) groups excluding carboxylic acids is 1. The van der Waals surface area contributed by atoms with E-state index >= 15 is 0 Å². The molecule has 0 atom stereocenters. The largest absolute Gasteiger partial charge is 0.490 e. The number of carboxylic acids is 1. The molecule has 28 heavy (non-hydrogen) atoms. The molecule has 0 radical (unpaired) electrons. The van der Waals surface area contributed by atoms with Crippen molar-refractivity contribution in [2.24, 2.45) is 0 Å². The third-order valence-corrected chi connectivity index (χ3v) is 3.74. The van der Waals surface area contributed by atoms with Gasteiger partial charge in [0.1, 0.15) is 19.0 Å². The van der Waals surface area contributed by atoms with E-state index in [1.165, 1.54) is 0 Å². The predicted octanol–water partition coefficient (Wildman–Crippen LogP) is 3.02. The molecule has 0 saturated carbocycles. The number of aliphatic carboxylic acids is 1. The average molecular weight is 387 g/mol. The van der Waals surface area contributed by atoms with Gasteiger partial charge in [-0.25, -0.2) is 0 Å². The molecular weight excluding hydrogens is 362 g/mol. The molecular formula is C21H25NO6. The van der Waals surface area contributed by atoms with Crippen LogP contribution < -0.4 is 19.5 Å². The van der Waals surface area contributed by atoms with E-state index in [1.54, 1.807) is 0 Å². The number of ether oxygens (including phenoxy) is 3. The van der Waals surface area contributed by atoms with Crippen molar-refractivity contribution in [3.63, 3.8) is 0 Å². The summed E-state index contributed by atoms with van der Waals surface area (Å²) in [6, 6.07) is 14.8. The van der Waals surface area contributed by atoms with Crippen LogP contribution in [0.15, 0.2) is 48.5 Å². The van der Waals surface area contributed by atoms with Gasteiger partial charge in [-0.05, 0) is 36.8 Å². The Bertz CT molecular complexity index is 760. The SMILES string of the molecule is CCOc1ccccc1OCCOc1ccc(CNC(=O)CCC(=O)O)cc1. The first kappa shape index (κ1) is 21.1. The number of para-hydroxylation sites is 2. The van der Waals surface area contributed by atoms with Gasteiger partial charge >= 0.3 is 5.97 Å². The van der Waals surface area contributed by atoms with Gasteiger partial charge < -0.3 is 24.6 Å². The molecule has 0 aliphatic heterocycles. The van der Waals surface area contributed by atoms with Crippen molar-refractivity contribution in [2.45, 2.75) is 26.3 Å². The Morgan fingerprint density at radius 1 is 0.893 bits per heavy atom. The van der Waals surface area contributed by atoms with Crippen LogP contribution in [0.3, 0.4) is 0 Å². The summed E-state index contributed by atoms with van der Waals surface area (Å²) >= 11 is 0. The Morgan fingerprint density at radius 3 is 2.18 bits per heavy atom. The van der Waals surface area contributed by atoms with E-state index in [2.05, 4.69) is 5.32 Å². The summed E-state index contributed by atoms with van der Waals surface area (Å²) in [4.78, 5) is 22.0. The molecule has 7 heteroatoms. The molecule has 0 heterocycles. The van der Waals surface area contributed by atoms with E-state index in [9.17, 15) is 9.59 Å². The van der Waals surface area contributed by atoms with E-state index in [4.69, 9.17) is 19.3 Å². The maximum Gasteiger partial charge on any atom is 0.303 e. The molecule has 2 N–H and O–H groups in total. The number of nitrogens with one attached hydrogen (secondary N) is 1. The zero-order chi connectivity index (χ0) is 20.2. The van der Waals surface area contributed by atoms with E-state index in [0.29, 0.717) is 43.6 Å². The molecule has 0 spiro atoms. The highest BCUT2D eigenvalue weighted by Crippen LogP contribution is 2.26. The van der Waals surface area contributed by atoms with Gasteiger partial charge in [0, 0.05) is 13.0 Å². The van der Waals surface area contributed by atoms with Crippen LogP contribution in [-0.4, -0.2) is 36.8 Å². The molecule has 2 aromatic carbocycles. The van der Waals surface area contributed by atoms with E-state index in [0.717, 1.165) is 5.56 Å². The van der Waals surface area contributed by atoms with Crippen LogP contribution in [0.1, 0.15) is 25.3 Å². The van der Waals surface area contributed by atoms with Crippen LogP contribution in [0.2, 0.25) is 0 Å². The lowest BCUT2D eigenvalue weighted by Gasteiger charge is -2.12. The lowest BCUT2D eigenvalue weighted by Crippen LogP contribution is -2.23. The fraction of sp³-hybridized carbons (Fsp3) is 0.333. The highest BCUT2D eigenvalue weighted by atomic mass is 16.5. The predicted molar refractivity (Wildman–Crippen MR) is 104 cm³/mol. The second kappa shape index (κ2) is 11.5. The standard InChI is InChI=1S/C21H25NO6/c1-2-26-18-5-3-4-6-19(18)28-14-13-27-17-9-7-16(8-10-17)15-22-20(23)11-12-21(24)25/h3-10H,2,11-15H2,1H3,(H,22,23)(H,24,25). The van der Waals surface area contributed by atoms with Crippen LogP contribution in [0.4, 0.5) is 0 Å².